The second-order valence-corrected chi connectivity index (χ2v) is 7.75. The smallest absolute Gasteiger partial charge is 0.404 e. The van der Waals surface area contributed by atoms with Gasteiger partial charge in [0, 0.05) is 13.0 Å². The summed E-state index contributed by atoms with van der Waals surface area (Å²) < 4.78 is 0. The van der Waals surface area contributed by atoms with E-state index in [0.717, 1.165) is 11.1 Å². The first-order chi connectivity index (χ1) is 12.2. The van der Waals surface area contributed by atoms with Crippen molar-refractivity contribution in [3.8, 4) is 0 Å². The van der Waals surface area contributed by atoms with E-state index in [9.17, 15) is 14.7 Å². The number of benzene rings is 1. The van der Waals surface area contributed by atoms with Crippen LogP contribution in [0, 0.1) is 5.41 Å². The molecule has 2 rings (SSSR count). The van der Waals surface area contributed by atoms with Crippen LogP contribution >= 0.6 is 0 Å². The Morgan fingerprint density at radius 1 is 1.42 bits per heavy atom. The van der Waals surface area contributed by atoms with Gasteiger partial charge in [0.25, 0.3) is 0 Å². The number of aliphatic hydroxyl groups is 1. The molecule has 3 N–H and O–H groups in total. The number of nitrogens with zero attached hydrogens (tertiary/aromatic N) is 1. The molecule has 6 heteroatoms. The Labute approximate surface area is 154 Å². The molecule has 0 saturated carbocycles. The highest BCUT2D eigenvalue weighted by Gasteiger charge is 2.44. The number of nitrogens with one attached hydrogen (secondary N) is 1. The molecular weight excluding hydrogens is 332 g/mol. The van der Waals surface area contributed by atoms with Crippen LogP contribution in [0.5, 0.6) is 0 Å². The molecule has 0 aliphatic carbocycles. The lowest BCUT2D eigenvalue weighted by atomic mass is 9.84. The molecule has 26 heavy (non-hydrogen) atoms. The SMILES string of the molecule is C=Cc1ccccc1C(O)C1CCC(=O)N1C(CNC(=O)O)C(C)(C)C. The van der Waals surface area contributed by atoms with Crippen molar-refractivity contribution in [2.75, 3.05) is 6.54 Å². The minimum Gasteiger partial charge on any atom is -0.465 e. The van der Waals surface area contributed by atoms with E-state index in [2.05, 4.69) is 11.9 Å². The number of hydrogen-bond donors (Lipinski definition) is 3. The molecule has 0 bridgehead atoms. The standard InChI is InChI=1S/C20H28N2O4/c1-5-13-8-6-7-9-14(13)18(24)15-10-11-17(23)22(15)16(20(2,3)4)12-21-19(25)26/h5-9,15-16,18,21,24H,1,10-12H2,2-4H3,(H,25,26). The van der Waals surface area contributed by atoms with Crippen LogP contribution in [0.25, 0.3) is 6.08 Å². The normalized spacial score (nSPS) is 19.9. The van der Waals surface area contributed by atoms with Crippen molar-refractivity contribution in [1.82, 2.24) is 10.2 Å². The van der Waals surface area contributed by atoms with Gasteiger partial charge in [-0.05, 0) is 23.0 Å². The number of amides is 2. The lowest BCUT2D eigenvalue weighted by molar-refractivity contribution is -0.135. The Bertz CT molecular complexity index is 681. The molecule has 0 spiro atoms. The zero-order valence-corrected chi connectivity index (χ0v) is 15.6. The van der Waals surface area contributed by atoms with Crippen molar-refractivity contribution in [2.45, 2.75) is 51.8 Å². The monoisotopic (exact) mass is 360 g/mol. The molecule has 3 unspecified atom stereocenters. The maximum atomic E-state index is 12.6. The first-order valence-electron chi connectivity index (χ1n) is 8.84. The molecular formula is C20H28N2O4. The third-order valence-corrected chi connectivity index (χ3v) is 4.98. The van der Waals surface area contributed by atoms with Gasteiger partial charge in [-0.1, -0.05) is 57.7 Å². The fourth-order valence-electron chi connectivity index (χ4n) is 3.62. The minimum absolute atomic E-state index is 0.0581. The Hall–Kier alpha value is -2.34. The molecule has 2 amide bonds. The van der Waals surface area contributed by atoms with Gasteiger partial charge in [-0.2, -0.15) is 0 Å². The largest absolute Gasteiger partial charge is 0.465 e. The lowest BCUT2D eigenvalue weighted by Gasteiger charge is -2.42. The van der Waals surface area contributed by atoms with Gasteiger partial charge in [-0.3, -0.25) is 4.79 Å². The van der Waals surface area contributed by atoms with Crippen LogP contribution in [0.2, 0.25) is 0 Å². The van der Waals surface area contributed by atoms with E-state index < -0.39 is 18.2 Å². The van der Waals surface area contributed by atoms with Crippen molar-refractivity contribution >= 4 is 18.1 Å². The number of aliphatic hydroxyl groups excluding tert-OH is 1. The molecule has 1 heterocycles. The molecule has 0 aromatic heterocycles. The number of rotatable bonds is 6. The summed E-state index contributed by atoms with van der Waals surface area (Å²) >= 11 is 0. The Morgan fingerprint density at radius 3 is 2.65 bits per heavy atom. The van der Waals surface area contributed by atoms with Crippen LogP contribution in [0.15, 0.2) is 30.8 Å². The zero-order valence-electron chi connectivity index (χ0n) is 15.6. The van der Waals surface area contributed by atoms with E-state index in [1.807, 2.05) is 45.0 Å². The Morgan fingerprint density at radius 2 is 2.08 bits per heavy atom. The molecule has 1 aliphatic heterocycles. The highest BCUT2D eigenvalue weighted by Crippen LogP contribution is 2.37. The summed E-state index contributed by atoms with van der Waals surface area (Å²) in [4.78, 5) is 25.3. The van der Waals surface area contributed by atoms with Gasteiger partial charge in [-0.15, -0.1) is 0 Å². The van der Waals surface area contributed by atoms with Gasteiger partial charge in [0.1, 0.15) is 0 Å². The van der Waals surface area contributed by atoms with E-state index in [0.29, 0.717) is 12.8 Å². The van der Waals surface area contributed by atoms with Crippen LogP contribution in [-0.4, -0.2) is 45.7 Å². The first-order valence-corrected chi connectivity index (χ1v) is 8.84. The first kappa shape index (κ1) is 20.0. The van der Waals surface area contributed by atoms with Crippen molar-refractivity contribution < 1.29 is 19.8 Å². The van der Waals surface area contributed by atoms with Crippen LogP contribution in [0.3, 0.4) is 0 Å². The fraction of sp³-hybridized carbons (Fsp3) is 0.500. The lowest BCUT2D eigenvalue weighted by Crippen LogP contribution is -2.55. The van der Waals surface area contributed by atoms with Crippen LogP contribution < -0.4 is 5.32 Å². The summed E-state index contributed by atoms with van der Waals surface area (Å²) in [6, 6.07) is 6.68. The van der Waals surface area contributed by atoms with Crippen LogP contribution in [-0.2, 0) is 4.79 Å². The zero-order chi connectivity index (χ0) is 19.5. The number of likely N-dealkylation sites (tertiary alicyclic amines) is 1. The highest BCUT2D eigenvalue weighted by atomic mass is 16.4. The molecule has 1 saturated heterocycles. The average Bonchev–Trinajstić information content (AvgIpc) is 2.94. The second-order valence-electron chi connectivity index (χ2n) is 7.75. The molecule has 1 aromatic carbocycles. The topological polar surface area (TPSA) is 89.9 Å². The van der Waals surface area contributed by atoms with Gasteiger partial charge in [0.05, 0.1) is 18.2 Å². The predicted molar refractivity (Wildman–Crippen MR) is 101 cm³/mol. The summed E-state index contributed by atoms with van der Waals surface area (Å²) in [5, 5.41) is 22.4. The van der Waals surface area contributed by atoms with Gasteiger partial charge < -0.3 is 20.4 Å². The van der Waals surface area contributed by atoms with Gasteiger partial charge in [0.2, 0.25) is 5.91 Å². The van der Waals surface area contributed by atoms with Crippen molar-refractivity contribution in [3.05, 3.63) is 42.0 Å². The fourth-order valence-corrected chi connectivity index (χ4v) is 3.62. The summed E-state index contributed by atoms with van der Waals surface area (Å²) in [5.74, 6) is -0.0581. The van der Waals surface area contributed by atoms with Gasteiger partial charge in [-0.25, -0.2) is 4.79 Å². The number of carbonyl (C=O) groups is 2. The second kappa shape index (κ2) is 7.91. The molecule has 0 radical (unpaired) electrons. The molecule has 1 fully saturated rings. The Kier molecular flexibility index (Phi) is 6.08. The van der Waals surface area contributed by atoms with Crippen LogP contribution in [0.4, 0.5) is 4.79 Å². The minimum atomic E-state index is -1.13. The number of carbonyl (C=O) groups excluding carboxylic acids is 1. The van der Waals surface area contributed by atoms with Gasteiger partial charge in [0.15, 0.2) is 0 Å². The van der Waals surface area contributed by atoms with E-state index in [4.69, 9.17) is 5.11 Å². The van der Waals surface area contributed by atoms with E-state index in [1.54, 1.807) is 11.0 Å². The van der Waals surface area contributed by atoms with E-state index in [-0.39, 0.29) is 23.9 Å². The summed E-state index contributed by atoms with van der Waals surface area (Å²) in [6.07, 6.45) is 0.584. The molecule has 142 valence electrons. The van der Waals surface area contributed by atoms with Gasteiger partial charge >= 0.3 is 6.09 Å². The summed E-state index contributed by atoms with van der Waals surface area (Å²) in [6.45, 7) is 9.81. The Balaban J connectivity index is 2.36. The van der Waals surface area contributed by atoms with Crippen molar-refractivity contribution in [1.29, 1.82) is 0 Å². The van der Waals surface area contributed by atoms with E-state index in [1.165, 1.54) is 0 Å². The average molecular weight is 360 g/mol. The van der Waals surface area contributed by atoms with Crippen molar-refractivity contribution in [3.63, 3.8) is 0 Å². The molecule has 6 nitrogen and oxygen atoms in total. The third-order valence-electron chi connectivity index (χ3n) is 4.98. The maximum absolute atomic E-state index is 12.6. The summed E-state index contributed by atoms with van der Waals surface area (Å²) in [5.41, 5.74) is 1.21. The molecule has 3 atom stereocenters. The van der Waals surface area contributed by atoms with Crippen molar-refractivity contribution in [2.24, 2.45) is 5.41 Å². The molecule has 1 aliphatic rings. The number of carboxylic acid groups (broad SMARTS) is 1. The summed E-state index contributed by atoms with van der Waals surface area (Å²) in [7, 11) is 0. The van der Waals surface area contributed by atoms with Crippen LogP contribution in [0.1, 0.15) is 50.8 Å². The number of hydrogen-bond acceptors (Lipinski definition) is 3. The third kappa shape index (κ3) is 4.25. The molecule has 1 aromatic rings. The highest BCUT2D eigenvalue weighted by molar-refractivity contribution is 5.79. The van der Waals surface area contributed by atoms with E-state index >= 15 is 0 Å². The predicted octanol–water partition coefficient (Wildman–Crippen LogP) is 3.04. The maximum Gasteiger partial charge on any atom is 0.404 e. The quantitative estimate of drug-likeness (QED) is 0.727.